The van der Waals surface area contributed by atoms with Gasteiger partial charge in [-0.3, -0.25) is 0 Å². The van der Waals surface area contributed by atoms with Gasteiger partial charge in [-0.25, -0.2) is 0 Å². The predicted octanol–water partition coefficient (Wildman–Crippen LogP) is 16.3. The van der Waals surface area contributed by atoms with Crippen LogP contribution in [0, 0.1) is 17.8 Å². The summed E-state index contributed by atoms with van der Waals surface area (Å²) in [5, 5.41) is 4.74. The maximum Gasteiger partial charge on any atom is 0.159 e. The standard InChI is InChI=1S/C59H49NO/c1-58(2)51-32-42(59-34-37-29-38(35-59)31-39(30-37)36-59)25-27-45(51)46-28-26-43(33-52(46)58)60(54-23-12-21-50-48-18-7-9-24-55(48)61-57(50)54)53-22-8-6-17-47(53)49-20-11-16-41-15-10-19-44(56(41)49)40-13-4-3-5-14-40/h3-28,32-33,37-39H,29-31,34-36H2,1-2H3. The Morgan fingerprint density at radius 2 is 1.10 bits per heavy atom. The van der Waals surface area contributed by atoms with Crippen molar-refractivity contribution in [3.63, 3.8) is 0 Å². The summed E-state index contributed by atoms with van der Waals surface area (Å²) in [6.45, 7) is 4.93. The van der Waals surface area contributed by atoms with Crippen molar-refractivity contribution in [2.45, 2.75) is 63.2 Å². The molecule has 4 fully saturated rings. The molecular weight excluding hydrogens is 739 g/mol. The quantitative estimate of drug-likeness (QED) is 0.167. The summed E-state index contributed by atoms with van der Waals surface area (Å²) in [5.74, 6) is 2.78. The predicted molar refractivity (Wildman–Crippen MR) is 254 cm³/mol. The summed E-state index contributed by atoms with van der Waals surface area (Å²) in [4.78, 5) is 2.48. The van der Waals surface area contributed by atoms with Gasteiger partial charge in [-0.15, -0.1) is 0 Å². The average Bonchev–Trinajstić information content (AvgIpc) is 3.78. The molecule has 0 amide bonds. The van der Waals surface area contributed by atoms with Gasteiger partial charge in [0.1, 0.15) is 5.58 Å². The lowest BCUT2D eigenvalue weighted by Crippen LogP contribution is -2.48. The topological polar surface area (TPSA) is 16.4 Å². The molecule has 1 heterocycles. The Labute approximate surface area is 358 Å². The molecule has 0 saturated heterocycles. The Hall–Kier alpha value is -6.38. The number of nitrogens with zero attached hydrogens (tertiary/aromatic N) is 1. The highest BCUT2D eigenvalue weighted by Crippen LogP contribution is 2.62. The van der Waals surface area contributed by atoms with Crippen LogP contribution in [0.3, 0.4) is 0 Å². The lowest BCUT2D eigenvalue weighted by atomic mass is 9.48. The Balaban J connectivity index is 1.01. The van der Waals surface area contributed by atoms with Gasteiger partial charge in [-0.2, -0.15) is 0 Å². The maximum absolute atomic E-state index is 6.86. The van der Waals surface area contributed by atoms with Crippen LogP contribution < -0.4 is 4.90 Å². The third-order valence-electron chi connectivity index (χ3n) is 15.6. The number of furan rings is 1. The van der Waals surface area contributed by atoms with Crippen molar-refractivity contribution in [1.82, 2.24) is 0 Å². The summed E-state index contributed by atoms with van der Waals surface area (Å²) in [5.41, 5.74) is 17.4. The molecule has 61 heavy (non-hydrogen) atoms. The second kappa shape index (κ2) is 13.1. The molecule has 5 aliphatic rings. The van der Waals surface area contributed by atoms with Gasteiger partial charge in [0.05, 0.1) is 11.4 Å². The van der Waals surface area contributed by atoms with Gasteiger partial charge in [-0.05, 0) is 147 Å². The van der Waals surface area contributed by atoms with E-state index in [1.807, 2.05) is 0 Å². The number of para-hydroxylation sites is 3. The number of hydrogen-bond donors (Lipinski definition) is 0. The van der Waals surface area contributed by atoms with Gasteiger partial charge in [0.25, 0.3) is 0 Å². The van der Waals surface area contributed by atoms with E-state index >= 15 is 0 Å². The first-order valence-electron chi connectivity index (χ1n) is 22.6. The van der Waals surface area contributed by atoms with Crippen molar-refractivity contribution in [2.75, 3.05) is 4.90 Å². The molecule has 8 aromatic carbocycles. The summed E-state index contributed by atoms with van der Waals surface area (Å²) in [6.07, 6.45) is 8.58. The van der Waals surface area contributed by atoms with Crippen LogP contribution in [0.5, 0.6) is 0 Å². The van der Waals surface area contributed by atoms with Gasteiger partial charge in [0.15, 0.2) is 5.58 Å². The highest BCUT2D eigenvalue weighted by molar-refractivity contribution is 6.12. The Bertz CT molecular complexity index is 3180. The monoisotopic (exact) mass is 787 g/mol. The van der Waals surface area contributed by atoms with E-state index in [9.17, 15) is 0 Å². The first-order chi connectivity index (χ1) is 29.9. The van der Waals surface area contributed by atoms with E-state index in [1.54, 1.807) is 5.56 Å². The number of rotatable bonds is 6. The fourth-order valence-electron chi connectivity index (χ4n) is 13.3. The fraction of sp³-hybridized carbons (Fsp3) is 0.220. The van der Waals surface area contributed by atoms with Gasteiger partial charge in [0.2, 0.25) is 0 Å². The number of anilines is 3. The summed E-state index contributed by atoms with van der Waals surface area (Å²) >= 11 is 0. The molecule has 0 spiro atoms. The minimum absolute atomic E-state index is 0.157. The third-order valence-corrected chi connectivity index (χ3v) is 15.6. The molecule has 0 N–H and O–H groups in total. The molecule has 5 aliphatic carbocycles. The molecule has 9 aromatic rings. The van der Waals surface area contributed by atoms with Gasteiger partial charge in [0, 0.05) is 27.4 Å². The van der Waals surface area contributed by atoms with E-state index in [1.165, 1.54) is 93.8 Å². The largest absolute Gasteiger partial charge is 0.454 e. The highest BCUT2D eigenvalue weighted by atomic mass is 16.3. The Morgan fingerprint density at radius 3 is 1.89 bits per heavy atom. The van der Waals surface area contributed by atoms with E-state index in [0.29, 0.717) is 5.41 Å². The molecule has 2 nitrogen and oxygen atoms in total. The van der Waals surface area contributed by atoms with Crippen LogP contribution in [-0.2, 0) is 10.8 Å². The summed E-state index contributed by atoms with van der Waals surface area (Å²) < 4.78 is 6.86. The van der Waals surface area contributed by atoms with Crippen LogP contribution in [0.4, 0.5) is 17.1 Å². The smallest absolute Gasteiger partial charge is 0.159 e. The van der Waals surface area contributed by atoms with Crippen LogP contribution in [0.2, 0.25) is 0 Å². The van der Waals surface area contributed by atoms with Gasteiger partial charge in [-0.1, -0.05) is 153 Å². The maximum atomic E-state index is 6.86. The normalized spacial score (nSPS) is 21.9. The molecule has 1 aromatic heterocycles. The van der Waals surface area contributed by atoms with E-state index in [2.05, 4.69) is 189 Å². The zero-order chi connectivity index (χ0) is 40.5. The summed E-state index contributed by atoms with van der Waals surface area (Å²) in [6, 6.07) is 63.3. The molecule has 296 valence electrons. The van der Waals surface area contributed by atoms with Crippen molar-refractivity contribution in [3.8, 4) is 33.4 Å². The molecule has 0 unspecified atom stereocenters. The lowest BCUT2D eigenvalue weighted by Gasteiger charge is -2.57. The number of fused-ring (bicyclic) bond motifs is 7. The van der Waals surface area contributed by atoms with E-state index in [4.69, 9.17) is 4.42 Å². The van der Waals surface area contributed by atoms with E-state index in [0.717, 1.165) is 56.8 Å². The third kappa shape index (κ3) is 5.27. The first kappa shape index (κ1) is 35.4. The Kier molecular flexibility index (Phi) is 7.58. The fourth-order valence-corrected chi connectivity index (χ4v) is 13.3. The Morgan fingerprint density at radius 1 is 0.492 bits per heavy atom. The van der Waals surface area contributed by atoms with Crippen LogP contribution in [0.15, 0.2) is 174 Å². The molecule has 2 heteroatoms. The van der Waals surface area contributed by atoms with Crippen molar-refractivity contribution in [1.29, 1.82) is 0 Å². The van der Waals surface area contributed by atoms with E-state index in [-0.39, 0.29) is 5.41 Å². The van der Waals surface area contributed by atoms with E-state index < -0.39 is 0 Å². The van der Waals surface area contributed by atoms with Gasteiger partial charge >= 0.3 is 0 Å². The van der Waals surface area contributed by atoms with Crippen molar-refractivity contribution in [2.24, 2.45) is 17.8 Å². The van der Waals surface area contributed by atoms with Crippen molar-refractivity contribution < 1.29 is 4.42 Å². The molecular formula is C59H49NO. The SMILES string of the molecule is CC1(C)c2cc(N(c3ccccc3-c3cccc4cccc(-c5ccccc5)c34)c3cccc4c3oc3ccccc34)ccc2-c2ccc(C34CC5CC(CC(C5)C3)C4)cc21. The van der Waals surface area contributed by atoms with Crippen LogP contribution in [0.1, 0.15) is 69.1 Å². The second-order valence-corrected chi connectivity index (χ2v) is 19.5. The number of hydrogen-bond acceptors (Lipinski definition) is 2. The summed E-state index contributed by atoms with van der Waals surface area (Å²) in [7, 11) is 0. The molecule has 0 aliphatic heterocycles. The van der Waals surface area contributed by atoms with Crippen molar-refractivity contribution in [3.05, 3.63) is 187 Å². The molecule has 4 bridgehead atoms. The zero-order valence-corrected chi connectivity index (χ0v) is 35.0. The highest BCUT2D eigenvalue weighted by Gasteiger charge is 2.52. The average molecular weight is 788 g/mol. The van der Waals surface area contributed by atoms with Crippen molar-refractivity contribution >= 4 is 49.8 Å². The lowest BCUT2D eigenvalue weighted by molar-refractivity contribution is -0.00522. The number of benzene rings is 8. The zero-order valence-electron chi connectivity index (χ0n) is 35.0. The van der Waals surface area contributed by atoms with Crippen LogP contribution >= 0.6 is 0 Å². The molecule has 0 radical (unpaired) electrons. The second-order valence-electron chi connectivity index (χ2n) is 19.5. The van der Waals surface area contributed by atoms with Gasteiger partial charge < -0.3 is 9.32 Å². The molecule has 14 rings (SSSR count). The molecule has 0 atom stereocenters. The van der Waals surface area contributed by atoms with Crippen LogP contribution in [0.25, 0.3) is 66.1 Å². The minimum atomic E-state index is -0.157. The first-order valence-corrected chi connectivity index (χ1v) is 22.6. The van der Waals surface area contributed by atoms with Crippen LogP contribution in [-0.4, -0.2) is 0 Å². The molecule has 4 saturated carbocycles. The minimum Gasteiger partial charge on any atom is -0.454 e.